The van der Waals surface area contributed by atoms with Crippen molar-refractivity contribution in [1.82, 2.24) is 5.32 Å². The van der Waals surface area contributed by atoms with Crippen LogP contribution in [0.25, 0.3) is 0 Å². The lowest BCUT2D eigenvalue weighted by Crippen LogP contribution is -2.43. The molecule has 3 nitrogen and oxygen atoms in total. The minimum atomic E-state index is -0.657. The van der Waals surface area contributed by atoms with E-state index < -0.39 is 5.54 Å². The molecule has 0 aromatic heterocycles. The average Bonchev–Trinajstić information content (AvgIpc) is 2.92. The van der Waals surface area contributed by atoms with Crippen LogP contribution >= 0.6 is 0 Å². The van der Waals surface area contributed by atoms with Gasteiger partial charge in [-0.2, -0.15) is 5.26 Å². The standard InChI is InChI=1S/C34H37N3/c1-6-25(26-17-19-27(20-18-26)28-14-11-21-36-34(28,5)23-35)22-24(2)37-31-15-9-7-12-29(31)33(3,4)30-13-8-10-16-32(30)37/h6-19,21,24,27,36H,20,22H2,1-5H3/b25-6+. The average molecular weight is 488 g/mol. The van der Waals surface area contributed by atoms with Crippen LogP contribution in [0.3, 0.4) is 0 Å². The highest BCUT2D eigenvalue weighted by molar-refractivity contribution is 5.78. The summed E-state index contributed by atoms with van der Waals surface area (Å²) in [6.45, 7) is 11.1. The van der Waals surface area contributed by atoms with Gasteiger partial charge in [-0.25, -0.2) is 0 Å². The van der Waals surface area contributed by atoms with E-state index in [0.717, 1.165) is 18.4 Å². The molecule has 0 spiro atoms. The molecule has 0 amide bonds. The predicted molar refractivity (Wildman–Crippen MR) is 155 cm³/mol. The first-order valence-electron chi connectivity index (χ1n) is 13.4. The number of nitriles is 1. The summed E-state index contributed by atoms with van der Waals surface area (Å²) in [7, 11) is 0. The van der Waals surface area contributed by atoms with E-state index >= 15 is 0 Å². The minimum absolute atomic E-state index is 0.0355. The van der Waals surface area contributed by atoms with Gasteiger partial charge in [0.15, 0.2) is 0 Å². The van der Waals surface area contributed by atoms with Gasteiger partial charge in [0.1, 0.15) is 5.54 Å². The van der Waals surface area contributed by atoms with E-state index in [1.54, 1.807) is 0 Å². The fourth-order valence-corrected chi connectivity index (χ4v) is 6.28. The van der Waals surface area contributed by atoms with Gasteiger partial charge in [0, 0.05) is 28.7 Å². The Hall–Kier alpha value is -3.77. The molecule has 2 aromatic carbocycles. The Morgan fingerprint density at radius 2 is 1.76 bits per heavy atom. The second-order valence-corrected chi connectivity index (χ2v) is 11.1. The maximum Gasteiger partial charge on any atom is 0.144 e. The number of hydrogen-bond acceptors (Lipinski definition) is 3. The molecule has 1 N–H and O–H groups in total. The molecule has 37 heavy (non-hydrogen) atoms. The van der Waals surface area contributed by atoms with Gasteiger partial charge in [0.2, 0.25) is 0 Å². The highest BCUT2D eigenvalue weighted by Crippen LogP contribution is 2.50. The van der Waals surface area contributed by atoms with E-state index in [1.807, 2.05) is 19.2 Å². The topological polar surface area (TPSA) is 39.1 Å². The summed E-state index contributed by atoms with van der Waals surface area (Å²) in [5.74, 6) is 0.226. The molecular formula is C34H37N3. The predicted octanol–water partition coefficient (Wildman–Crippen LogP) is 8.02. The lowest BCUT2D eigenvalue weighted by atomic mass is 9.73. The lowest BCUT2D eigenvalue weighted by molar-refractivity contribution is 0.525. The number of dihydropyridines is 1. The molecule has 0 radical (unpaired) electrons. The number of nitrogens with zero attached hydrogens (tertiary/aromatic N) is 2. The molecule has 2 aromatic rings. The molecule has 1 aliphatic carbocycles. The summed E-state index contributed by atoms with van der Waals surface area (Å²) in [6.07, 6.45) is 17.0. The summed E-state index contributed by atoms with van der Waals surface area (Å²) in [6, 6.07) is 20.5. The molecule has 3 heteroatoms. The van der Waals surface area contributed by atoms with Gasteiger partial charge in [-0.05, 0) is 85.9 Å². The lowest BCUT2D eigenvalue weighted by Gasteiger charge is -2.44. The van der Waals surface area contributed by atoms with Gasteiger partial charge in [0.25, 0.3) is 0 Å². The number of fused-ring (bicyclic) bond motifs is 2. The molecule has 3 unspecified atom stereocenters. The van der Waals surface area contributed by atoms with Gasteiger partial charge in [-0.1, -0.05) is 80.6 Å². The van der Waals surface area contributed by atoms with E-state index in [-0.39, 0.29) is 17.4 Å². The summed E-state index contributed by atoms with van der Waals surface area (Å²) in [5.41, 5.74) is 8.47. The molecule has 0 bridgehead atoms. The first-order chi connectivity index (χ1) is 17.8. The molecule has 0 fully saturated rings. The zero-order valence-electron chi connectivity index (χ0n) is 22.6. The van der Waals surface area contributed by atoms with E-state index in [2.05, 4.69) is 123 Å². The third-order valence-corrected chi connectivity index (χ3v) is 8.39. The number of allylic oxidation sites excluding steroid dienone is 7. The molecule has 2 heterocycles. The van der Waals surface area contributed by atoms with Crippen molar-refractivity contribution in [3.05, 3.63) is 119 Å². The quantitative estimate of drug-likeness (QED) is 0.464. The number of hydrogen-bond donors (Lipinski definition) is 1. The highest BCUT2D eigenvalue weighted by Gasteiger charge is 2.38. The Labute approximate surface area is 222 Å². The molecule has 5 rings (SSSR count). The molecule has 2 aliphatic heterocycles. The van der Waals surface area contributed by atoms with Crippen LogP contribution < -0.4 is 10.2 Å². The number of nitrogens with one attached hydrogen (secondary N) is 1. The second-order valence-electron chi connectivity index (χ2n) is 11.1. The molecule has 0 saturated heterocycles. The maximum absolute atomic E-state index is 9.78. The first kappa shape index (κ1) is 24.9. The Bertz CT molecular complexity index is 1340. The van der Waals surface area contributed by atoms with Crippen LogP contribution in [0.1, 0.15) is 58.6 Å². The highest BCUT2D eigenvalue weighted by atomic mass is 15.2. The van der Waals surface area contributed by atoms with Crippen LogP contribution in [0.5, 0.6) is 0 Å². The summed E-state index contributed by atoms with van der Waals surface area (Å²) < 4.78 is 0. The van der Waals surface area contributed by atoms with Crippen LogP contribution in [-0.4, -0.2) is 11.6 Å². The number of anilines is 2. The normalized spacial score (nSPS) is 24.7. The summed E-state index contributed by atoms with van der Waals surface area (Å²) >= 11 is 0. The van der Waals surface area contributed by atoms with Crippen LogP contribution in [0.15, 0.2) is 108 Å². The monoisotopic (exact) mass is 487 g/mol. The van der Waals surface area contributed by atoms with Gasteiger partial charge < -0.3 is 10.2 Å². The van der Waals surface area contributed by atoms with Crippen molar-refractivity contribution < 1.29 is 0 Å². The van der Waals surface area contributed by atoms with Crippen LogP contribution in [0.4, 0.5) is 11.4 Å². The number of para-hydroxylation sites is 2. The van der Waals surface area contributed by atoms with Crippen molar-refractivity contribution in [2.24, 2.45) is 5.92 Å². The van der Waals surface area contributed by atoms with Crippen molar-refractivity contribution in [3.8, 4) is 6.07 Å². The number of rotatable bonds is 5. The van der Waals surface area contributed by atoms with Gasteiger partial charge in [0.05, 0.1) is 6.07 Å². The molecule has 3 atom stereocenters. The van der Waals surface area contributed by atoms with E-state index in [0.29, 0.717) is 0 Å². The third-order valence-electron chi connectivity index (χ3n) is 8.39. The fourth-order valence-electron chi connectivity index (χ4n) is 6.28. The van der Waals surface area contributed by atoms with Gasteiger partial charge in [-0.3, -0.25) is 0 Å². The van der Waals surface area contributed by atoms with Gasteiger partial charge >= 0.3 is 0 Å². The molecule has 0 saturated carbocycles. The Morgan fingerprint density at radius 1 is 1.11 bits per heavy atom. The fraction of sp³-hybridized carbons (Fsp3) is 0.324. The zero-order valence-corrected chi connectivity index (χ0v) is 22.6. The van der Waals surface area contributed by atoms with E-state index in [1.165, 1.54) is 33.6 Å². The minimum Gasteiger partial charge on any atom is -0.370 e. The van der Waals surface area contributed by atoms with Crippen molar-refractivity contribution in [2.75, 3.05) is 4.90 Å². The SMILES string of the molecule is C/C=C(\CC(C)N1c2ccccc2C(C)(C)c2ccccc21)C1=CCC(C2=CC=CNC2(C)C#N)C=C1. The van der Waals surface area contributed by atoms with E-state index in [9.17, 15) is 5.26 Å². The molecule has 188 valence electrons. The van der Waals surface area contributed by atoms with Crippen molar-refractivity contribution >= 4 is 11.4 Å². The van der Waals surface area contributed by atoms with Crippen LogP contribution in [0, 0.1) is 17.2 Å². The summed E-state index contributed by atoms with van der Waals surface area (Å²) in [4.78, 5) is 2.54. The zero-order chi connectivity index (χ0) is 26.2. The van der Waals surface area contributed by atoms with Crippen molar-refractivity contribution in [3.63, 3.8) is 0 Å². The second kappa shape index (κ2) is 9.60. The number of benzene rings is 2. The van der Waals surface area contributed by atoms with Crippen molar-refractivity contribution in [1.29, 1.82) is 5.26 Å². The maximum atomic E-state index is 9.78. The van der Waals surface area contributed by atoms with Crippen molar-refractivity contribution in [2.45, 2.75) is 64.5 Å². The van der Waals surface area contributed by atoms with Gasteiger partial charge in [-0.15, -0.1) is 0 Å². The Balaban J connectivity index is 1.40. The van der Waals surface area contributed by atoms with E-state index in [4.69, 9.17) is 0 Å². The van der Waals surface area contributed by atoms with Crippen LogP contribution in [-0.2, 0) is 5.41 Å². The van der Waals surface area contributed by atoms with Crippen LogP contribution in [0.2, 0.25) is 0 Å². The Morgan fingerprint density at radius 3 is 2.32 bits per heavy atom. The smallest absolute Gasteiger partial charge is 0.144 e. The largest absolute Gasteiger partial charge is 0.370 e. The summed E-state index contributed by atoms with van der Waals surface area (Å²) in [5, 5.41) is 13.0. The molecular weight excluding hydrogens is 450 g/mol. The molecule has 3 aliphatic rings. The Kier molecular flexibility index (Phi) is 6.46. The first-order valence-corrected chi connectivity index (χ1v) is 13.4. The third kappa shape index (κ3) is 4.25.